The van der Waals surface area contributed by atoms with Gasteiger partial charge in [-0.25, -0.2) is 0 Å². The minimum atomic E-state index is 0.169. The molecule has 106 valence electrons. The molecule has 0 radical (unpaired) electrons. The topological polar surface area (TPSA) is 29.3 Å². The van der Waals surface area contributed by atoms with Crippen molar-refractivity contribution < 1.29 is 0 Å². The van der Waals surface area contributed by atoms with E-state index in [4.69, 9.17) is 5.73 Å². The van der Waals surface area contributed by atoms with Gasteiger partial charge >= 0.3 is 0 Å². The summed E-state index contributed by atoms with van der Waals surface area (Å²) in [7, 11) is 0. The summed E-state index contributed by atoms with van der Waals surface area (Å²) in [5, 5.41) is 0. The highest BCUT2D eigenvalue weighted by molar-refractivity contribution is 5.25. The molecule has 0 heterocycles. The lowest BCUT2D eigenvalue weighted by Gasteiger charge is -2.36. The first-order valence-electron chi connectivity index (χ1n) is 7.57. The molecular formula is C17H28N2. The Labute approximate surface area is 118 Å². The van der Waals surface area contributed by atoms with Gasteiger partial charge < -0.3 is 5.73 Å². The fourth-order valence-corrected chi connectivity index (χ4v) is 2.88. The Morgan fingerprint density at radius 2 is 1.74 bits per heavy atom. The number of nitrogens with two attached hydrogens (primary N) is 1. The van der Waals surface area contributed by atoms with Crippen molar-refractivity contribution in [3.63, 3.8) is 0 Å². The molecule has 1 aromatic rings. The van der Waals surface area contributed by atoms with E-state index in [1.54, 1.807) is 0 Å². The van der Waals surface area contributed by atoms with Gasteiger partial charge in [-0.15, -0.1) is 0 Å². The molecule has 1 fully saturated rings. The van der Waals surface area contributed by atoms with Crippen LogP contribution >= 0.6 is 0 Å². The maximum Gasteiger partial charge on any atom is 0.0499 e. The third-order valence-electron chi connectivity index (χ3n) is 3.87. The number of hydrogen-bond donors (Lipinski definition) is 1. The van der Waals surface area contributed by atoms with Crippen LogP contribution in [0.25, 0.3) is 0 Å². The van der Waals surface area contributed by atoms with Crippen molar-refractivity contribution in [2.75, 3.05) is 6.54 Å². The number of nitrogens with zero attached hydrogens (tertiary/aromatic N) is 1. The lowest BCUT2D eigenvalue weighted by atomic mass is 9.97. The lowest BCUT2D eigenvalue weighted by molar-refractivity contribution is 0.147. The van der Waals surface area contributed by atoms with Gasteiger partial charge in [-0.1, -0.05) is 43.7 Å². The van der Waals surface area contributed by atoms with Gasteiger partial charge in [-0.2, -0.15) is 0 Å². The second-order valence-corrected chi connectivity index (χ2v) is 6.54. The molecule has 1 aliphatic carbocycles. The average molecular weight is 260 g/mol. The molecule has 2 rings (SSSR count). The first-order valence-corrected chi connectivity index (χ1v) is 7.57. The van der Waals surface area contributed by atoms with Gasteiger partial charge in [0.05, 0.1) is 0 Å². The zero-order valence-corrected chi connectivity index (χ0v) is 12.8. The maximum atomic E-state index is 6.31. The first kappa shape index (κ1) is 14.5. The highest BCUT2D eigenvalue weighted by Crippen LogP contribution is 2.36. The van der Waals surface area contributed by atoms with Crippen molar-refractivity contribution in [3.8, 4) is 0 Å². The van der Waals surface area contributed by atoms with Crippen molar-refractivity contribution in [3.05, 3.63) is 35.4 Å². The molecule has 2 heteroatoms. The van der Waals surface area contributed by atoms with Crippen LogP contribution in [0.15, 0.2) is 24.3 Å². The normalized spacial score (nSPS) is 18.9. The Morgan fingerprint density at radius 1 is 1.16 bits per heavy atom. The van der Waals surface area contributed by atoms with E-state index < -0.39 is 0 Å². The van der Waals surface area contributed by atoms with Crippen LogP contribution in [0.4, 0.5) is 0 Å². The maximum absolute atomic E-state index is 6.31. The molecule has 2 N–H and O–H groups in total. The van der Waals surface area contributed by atoms with Gasteiger partial charge in [0, 0.05) is 24.7 Å². The van der Waals surface area contributed by atoms with Gasteiger partial charge in [0.1, 0.15) is 0 Å². The summed E-state index contributed by atoms with van der Waals surface area (Å²) >= 11 is 0. The van der Waals surface area contributed by atoms with E-state index in [-0.39, 0.29) is 6.04 Å². The molecule has 0 spiro atoms. The third kappa shape index (κ3) is 3.80. The molecular weight excluding hydrogens is 232 g/mol. The van der Waals surface area contributed by atoms with Crippen LogP contribution in [0.5, 0.6) is 0 Å². The van der Waals surface area contributed by atoms with E-state index in [0.29, 0.717) is 12.0 Å². The number of hydrogen-bond acceptors (Lipinski definition) is 2. The Hall–Kier alpha value is -0.860. The first-order chi connectivity index (χ1) is 8.99. The summed E-state index contributed by atoms with van der Waals surface area (Å²) in [6.45, 7) is 10.0. The van der Waals surface area contributed by atoms with E-state index >= 15 is 0 Å². The Balaban J connectivity index is 2.24. The second kappa shape index (κ2) is 6.06. The number of benzene rings is 1. The van der Waals surface area contributed by atoms with Crippen LogP contribution in [-0.4, -0.2) is 23.5 Å². The smallest absolute Gasteiger partial charge is 0.0499 e. The summed E-state index contributed by atoms with van der Waals surface area (Å²) in [6.07, 6.45) is 2.67. The molecule has 0 amide bonds. The SMILES string of the molecule is Cc1ccc(C(C(C)N)N(CC(C)C)C2CC2)cc1. The predicted octanol–water partition coefficient (Wildman–Crippen LogP) is 3.50. The molecule has 2 atom stereocenters. The zero-order valence-electron chi connectivity index (χ0n) is 12.8. The van der Waals surface area contributed by atoms with Crippen LogP contribution in [0.1, 0.15) is 50.8 Å². The van der Waals surface area contributed by atoms with Crippen molar-refractivity contribution in [1.82, 2.24) is 4.90 Å². The minimum Gasteiger partial charge on any atom is -0.326 e. The molecule has 0 bridgehead atoms. The summed E-state index contributed by atoms with van der Waals surface area (Å²) in [5.74, 6) is 0.687. The highest BCUT2D eigenvalue weighted by Gasteiger charge is 2.36. The fraction of sp³-hybridized carbons (Fsp3) is 0.647. The van der Waals surface area contributed by atoms with Crippen LogP contribution in [-0.2, 0) is 0 Å². The van der Waals surface area contributed by atoms with Gasteiger partial charge in [0.2, 0.25) is 0 Å². The largest absolute Gasteiger partial charge is 0.326 e. The molecule has 2 nitrogen and oxygen atoms in total. The van der Waals surface area contributed by atoms with E-state index in [1.165, 1.54) is 24.0 Å². The van der Waals surface area contributed by atoms with Crippen molar-refractivity contribution in [2.45, 2.75) is 58.7 Å². The van der Waals surface area contributed by atoms with Crippen molar-refractivity contribution in [2.24, 2.45) is 11.7 Å². The standard InChI is InChI=1S/C17H28N2/c1-12(2)11-19(16-9-10-16)17(14(4)18)15-7-5-13(3)6-8-15/h5-8,12,14,16-17H,9-11,18H2,1-4H3. The van der Waals surface area contributed by atoms with Crippen LogP contribution in [0.3, 0.4) is 0 Å². The van der Waals surface area contributed by atoms with Crippen molar-refractivity contribution in [1.29, 1.82) is 0 Å². The Kier molecular flexibility index (Phi) is 4.64. The minimum absolute atomic E-state index is 0.169. The number of rotatable bonds is 6. The van der Waals surface area contributed by atoms with Gasteiger partial charge in [-0.05, 0) is 38.2 Å². The molecule has 0 aliphatic heterocycles. The van der Waals surface area contributed by atoms with Crippen molar-refractivity contribution >= 4 is 0 Å². The van der Waals surface area contributed by atoms with Gasteiger partial charge in [-0.3, -0.25) is 4.90 Å². The molecule has 0 saturated heterocycles. The van der Waals surface area contributed by atoms with Crippen LogP contribution in [0.2, 0.25) is 0 Å². The molecule has 1 aliphatic rings. The van der Waals surface area contributed by atoms with E-state index in [0.717, 1.165) is 12.6 Å². The summed E-state index contributed by atoms with van der Waals surface area (Å²) in [4.78, 5) is 2.64. The Bertz CT molecular complexity index is 390. The molecule has 19 heavy (non-hydrogen) atoms. The molecule has 1 aromatic carbocycles. The van der Waals surface area contributed by atoms with Crippen LogP contribution in [0, 0.1) is 12.8 Å². The van der Waals surface area contributed by atoms with Crippen LogP contribution < -0.4 is 5.73 Å². The lowest BCUT2D eigenvalue weighted by Crippen LogP contribution is -2.42. The second-order valence-electron chi connectivity index (χ2n) is 6.54. The highest BCUT2D eigenvalue weighted by atomic mass is 15.2. The third-order valence-corrected chi connectivity index (χ3v) is 3.87. The van der Waals surface area contributed by atoms with Gasteiger partial charge in [0.15, 0.2) is 0 Å². The summed E-state index contributed by atoms with van der Waals surface area (Å²) in [6, 6.07) is 10.2. The predicted molar refractivity (Wildman–Crippen MR) is 82.1 cm³/mol. The summed E-state index contributed by atoms with van der Waals surface area (Å²) in [5.41, 5.74) is 8.99. The molecule has 1 saturated carbocycles. The molecule has 0 aromatic heterocycles. The Morgan fingerprint density at radius 3 is 2.16 bits per heavy atom. The average Bonchev–Trinajstić information content (AvgIpc) is 3.13. The summed E-state index contributed by atoms with van der Waals surface area (Å²) < 4.78 is 0. The van der Waals surface area contributed by atoms with E-state index in [1.807, 2.05) is 0 Å². The quantitative estimate of drug-likeness (QED) is 0.848. The monoisotopic (exact) mass is 260 g/mol. The van der Waals surface area contributed by atoms with Gasteiger partial charge in [0.25, 0.3) is 0 Å². The number of aryl methyl sites for hydroxylation is 1. The van der Waals surface area contributed by atoms with E-state index in [9.17, 15) is 0 Å². The van der Waals surface area contributed by atoms with E-state index in [2.05, 4.69) is 56.9 Å². The fourth-order valence-electron chi connectivity index (χ4n) is 2.88. The molecule has 2 unspecified atom stereocenters. The zero-order chi connectivity index (χ0) is 14.0.